The molecular formula is C15H28O2Si2. The highest BCUT2D eigenvalue weighted by atomic mass is 28.4. The fraction of sp³-hybridized carbons (Fsp3) is 0.600. The first kappa shape index (κ1) is 16.3. The SMILES string of the molecule is COc1cc(OC)cc(C([Si](C)(C)C)[Si](C)(C)C)c1. The average molecular weight is 297 g/mol. The highest BCUT2D eigenvalue weighted by Gasteiger charge is 2.38. The zero-order valence-corrected chi connectivity index (χ0v) is 15.6. The molecule has 0 saturated heterocycles. The summed E-state index contributed by atoms with van der Waals surface area (Å²) in [6.45, 7) is 14.8. The maximum absolute atomic E-state index is 5.42. The van der Waals surface area contributed by atoms with Crippen LogP contribution in [0.2, 0.25) is 39.3 Å². The van der Waals surface area contributed by atoms with Crippen LogP contribution in [0.25, 0.3) is 0 Å². The number of hydrogen-bond donors (Lipinski definition) is 0. The molecule has 0 aromatic heterocycles. The van der Waals surface area contributed by atoms with E-state index in [2.05, 4.69) is 51.4 Å². The molecule has 4 heteroatoms. The molecule has 0 aliphatic heterocycles. The Hall–Kier alpha value is -0.746. The highest BCUT2D eigenvalue weighted by Crippen LogP contribution is 2.38. The quantitative estimate of drug-likeness (QED) is 0.743. The molecule has 0 bridgehead atoms. The summed E-state index contributed by atoms with van der Waals surface area (Å²) in [5.74, 6) is 1.80. The van der Waals surface area contributed by atoms with E-state index in [1.54, 1.807) is 14.2 Å². The van der Waals surface area contributed by atoms with Crippen molar-refractivity contribution in [3.8, 4) is 11.5 Å². The zero-order chi connectivity index (χ0) is 14.8. The van der Waals surface area contributed by atoms with E-state index in [1.165, 1.54) is 5.56 Å². The van der Waals surface area contributed by atoms with Crippen molar-refractivity contribution >= 4 is 16.1 Å². The van der Waals surface area contributed by atoms with Crippen LogP contribution in [0, 0.1) is 0 Å². The molecule has 0 fully saturated rings. The van der Waals surface area contributed by atoms with E-state index >= 15 is 0 Å². The lowest BCUT2D eigenvalue weighted by molar-refractivity contribution is 0.393. The minimum absolute atomic E-state index is 0.698. The summed E-state index contributed by atoms with van der Waals surface area (Å²) in [6.07, 6.45) is 0. The van der Waals surface area contributed by atoms with Gasteiger partial charge in [0.25, 0.3) is 0 Å². The molecule has 0 atom stereocenters. The van der Waals surface area contributed by atoms with Gasteiger partial charge in [-0.25, -0.2) is 0 Å². The largest absolute Gasteiger partial charge is 0.497 e. The Bertz CT molecular complexity index is 395. The van der Waals surface area contributed by atoms with Gasteiger partial charge in [-0.2, -0.15) is 0 Å². The minimum atomic E-state index is -1.28. The molecule has 0 radical (unpaired) electrons. The van der Waals surface area contributed by atoms with Crippen LogP contribution in [-0.2, 0) is 0 Å². The number of ether oxygens (including phenoxy) is 2. The predicted octanol–water partition coefficient (Wildman–Crippen LogP) is 4.54. The van der Waals surface area contributed by atoms with Gasteiger partial charge in [0, 0.05) is 22.2 Å². The van der Waals surface area contributed by atoms with Crippen molar-refractivity contribution in [3.63, 3.8) is 0 Å². The van der Waals surface area contributed by atoms with Crippen LogP contribution in [-0.4, -0.2) is 30.4 Å². The van der Waals surface area contributed by atoms with Crippen molar-refractivity contribution in [3.05, 3.63) is 23.8 Å². The fourth-order valence-corrected chi connectivity index (χ4v) is 16.0. The van der Waals surface area contributed by atoms with E-state index in [-0.39, 0.29) is 0 Å². The van der Waals surface area contributed by atoms with Crippen LogP contribution >= 0.6 is 0 Å². The highest BCUT2D eigenvalue weighted by molar-refractivity contribution is 6.96. The normalized spacial score (nSPS) is 12.7. The van der Waals surface area contributed by atoms with Crippen molar-refractivity contribution in [2.75, 3.05) is 14.2 Å². The van der Waals surface area contributed by atoms with Crippen molar-refractivity contribution in [2.24, 2.45) is 0 Å². The molecule has 1 aromatic carbocycles. The van der Waals surface area contributed by atoms with E-state index in [4.69, 9.17) is 9.47 Å². The van der Waals surface area contributed by atoms with Gasteiger partial charge in [0.15, 0.2) is 0 Å². The second-order valence-corrected chi connectivity index (χ2v) is 18.5. The van der Waals surface area contributed by atoms with Crippen LogP contribution < -0.4 is 9.47 Å². The minimum Gasteiger partial charge on any atom is -0.497 e. The monoisotopic (exact) mass is 296 g/mol. The topological polar surface area (TPSA) is 18.5 Å². The van der Waals surface area contributed by atoms with Crippen LogP contribution in [0.3, 0.4) is 0 Å². The van der Waals surface area contributed by atoms with Crippen molar-refractivity contribution in [1.82, 2.24) is 0 Å². The molecule has 2 nitrogen and oxygen atoms in total. The van der Waals surface area contributed by atoms with Crippen molar-refractivity contribution < 1.29 is 9.47 Å². The third kappa shape index (κ3) is 4.11. The third-order valence-corrected chi connectivity index (χ3v) is 12.8. The van der Waals surface area contributed by atoms with Gasteiger partial charge in [-0.1, -0.05) is 39.3 Å². The zero-order valence-electron chi connectivity index (χ0n) is 13.6. The number of methoxy groups -OCH3 is 2. The molecule has 0 spiro atoms. The predicted molar refractivity (Wildman–Crippen MR) is 89.0 cm³/mol. The molecule has 0 amide bonds. The summed E-state index contributed by atoms with van der Waals surface area (Å²) in [5.41, 5.74) is 1.40. The first-order valence-corrected chi connectivity index (χ1v) is 14.0. The lowest BCUT2D eigenvalue weighted by Gasteiger charge is -2.39. The molecule has 0 aliphatic carbocycles. The Morgan fingerprint density at radius 3 is 1.37 bits per heavy atom. The molecule has 1 aromatic rings. The lowest BCUT2D eigenvalue weighted by atomic mass is 10.2. The van der Waals surface area contributed by atoms with Gasteiger partial charge in [-0.3, -0.25) is 0 Å². The van der Waals surface area contributed by atoms with Gasteiger partial charge in [0.1, 0.15) is 11.5 Å². The Kier molecular flexibility index (Phi) is 4.90. The van der Waals surface area contributed by atoms with Crippen LogP contribution in [0.1, 0.15) is 10.7 Å². The first-order valence-electron chi connectivity index (χ1n) is 6.82. The molecule has 0 unspecified atom stereocenters. The maximum Gasteiger partial charge on any atom is 0.122 e. The number of rotatable bonds is 5. The lowest BCUT2D eigenvalue weighted by Crippen LogP contribution is -2.46. The second kappa shape index (κ2) is 5.71. The number of benzene rings is 1. The van der Waals surface area contributed by atoms with E-state index in [0.29, 0.717) is 5.16 Å². The summed E-state index contributed by atoms with van der Waals surface area (Å²) in [6, 6.07) is 6.35. The summed E-state index contributed by atoms with van der Waals surface area (Å²) in [4.78, 5) is 0. The van der Waals surface area contributed by atoms with Gasteiger partial charge >= 0.3 is 0 Å². The Balaban J connectivity index is 3.38. The summed E-state index contributed by atoms with van der Waals surface area (Å²) in [5, 5.41) is 0.698. The van der Waals surface area contributed by atoms with E-state index in [1.807, 2.05) is 6.07 Å². The third-order valence-electron chi connectivity index (χ3n) is 3.44. The average Bonchev–Trinajstić information content (AvgIpc) is 2.24. The molecule has 1 rings (SSSR count). The van der Waals surface area contributed by atoms with Gasteiger partial charge in [0.05, 0.1) is 14.2 Å². The van der Waals surface area contributed by atoms with E-state index < -0.39 is 16.1 Å². The Labute approximate surface area is 120 Å². The molecule has 19 heavy (non-hydrogen) atoms. The second-order valence-electron chi connectivity index (χ2n) is 7.31. The molecule has 0 saturated carbocycles. The van der Waals surface area contributed by atoms with Crippen LogP contribution in [0.15, 0.2) is 18.2 Å². The molecule has 0 N–H and O–H groups in total. The smallest absolute Gasteiger partial charge is 0.122 e. The van der Waals surface area contributed by atoms with E-state index in [0.717, 1.165) is 11.5 Å². The fourth-order valence-electron chi connectivity index (χ4n) is 3.30. The summed E-state index contributed by atoms with van der Waals surface area (Å²) in [7, 11) is 0.870. The van der Waals surface area contributed by atoms with E-state index in [9.17, 15) is 0 Å². The number of hydrogen-bond acceptors (Lipinski definition) is 2. The van der Waals surface area contributed by atoms with Crippen LogP contribution in [0.5, 0.6) is 11.5 Å². The Morgan fingerprint density at radius 2 is 1.11 bits per heavy atom. The standard InChI is InChI=1S/C15H28O2Si2/c1-16-13-9-12(10-14(11-13)17-2)15(18(3,4)5)19(6,7)8/h9-11,15H,1-8H3. The molecular weight excluding hydrogens is 268 g/mol. The van der Waals surface area contributed by atoms with Gasteiger partial charge in [-0.15, -0.1) is 0 Å². The molecule has 0 aliphatic rings. The first-order chi connectivity index (χ1) is 8.59. The van der Waals surface area contributed by atoms with Crippen LogP contribution in [0.4, 0.5) is 0 Å². The van der Waals surface area contributed by atoms with Gasteiger partial charge in [0.2, 0.25) is 0 Å². The van der Waals surface area contributed by atoms with Crippen molar-refractivity contribution in [2.45, 2.75) is 44.4 Å². The molecule has 108 valence electrons. The maximum atomic E-state index is 5.42. The summed E-state index contributed by atoms with van der Waals surface area (Å²) >= 11 is 0. The van der Waals surface area contributed by atoms with Gasteiger partial charge < -0.3 is 9.47 Å². The molecule has 0 heterocycles. The van der Waals surface area contributed by atoms with Crippen molar-refractivity contribution in [1.29, 1.82) is 0 Å². The Morgan fingerprint density at radius 1 is 0.737 bits per heavy atom. The van der Waals surface area contributed by atoms with Gasteiger partial charge in [-0.05, 0) is 22.9 Å². The summed E-state index contributed by atoms with van der Waals surface area (Å²) < 4.78 is 10.8.